The third kappa shape index (κ3) is 4.67. The van der Waals surface area contributed by atoms with Crippen LogP contribution < -0.4 is 5.32 Å². The minimum absolute atomic E-state index is 0. The van der Waals surface area contributed by atoms with Crippen LogP contribution in [0.1, 0.15) is 24.2 Å². The number of halogens is 2. The van der Waals surface area contributed by atoms with Gasteiger partial charge < -0.3 is 10.1 Å². The standard InChI is InChI=1S/C14H19BrN2O4S.ClH/c1-3-21-14(18)11-4-5-13(12(15)8-11)22(19,20)17-7-6-16-10(2)9-17;/h4-5,8,10,16H,3,6-7,9H2,1-2H3;1H. The van der Waals surface area contributed by atoms with Crippen molar-refractivity contribution in [3.05, 3.63) is 28.2 Å². The maximum atomic E-state index is 12.7. The second kappa shape index (κ2) is 8.43. The summed E-state index contributed by atoms with van der Waals surface area (Å²) in [4.78, 5) is 11.9. The molecule has 130 valence electrons. The number of hydrogen-bond donors (Lipinski definition) is 1. The van der Waals surface area contributed by atoms with Gasteiger partial charge in [0.1, 0.15) is 0 Å². The van der Waals surface area contributed by atoms with Crippen LogP contribution in [0.4, 0.5) is 0 Å². The Labute approximate surface area is 151 Å². The highest BCUT2D eigenvalue weighted by Gasteiger charge is 2.30. The largest absolute Gasteiger partial charge is 0.462 e. The van der Waals surface area contributed by atoms with Crippen LogP contribution in [0, 0.1) is 0 Å². The van der Waals surface area contributed by atoms with Crippen LogP contribution in [0.25, 0.3) is 0 Å². The molecule has 1 atom stereocenters. The summed E-state index contributed by atoms with van der Waals surface area (Å²) in [5.41, 5.74) is 0.321. The van der Waals surface area contributed by atoms with E-state index in [1.54, 1.807) is 6.92 Å². The molecule has 2 rings (SSSR count). The van der Waals surface area contributed by atoms with Crippen LogP contribution in [-0.4, -0.2) is 51.0 Å². The molecule has 1 fully saturated rings. The average Bonchev–Trinajstić information content (AvgIpc) is 2.47. The summed E-state index contributed by atoms with van der Waals surface area (Å²) in [6.07, 6.45) is 0. The fraction of sp³-hybridized carbons (Fsp3) is 0.500. The maximum Gasteiger partial charge on any atom is 0.338 e. The first-order valence-electron chi connectivity index (χ1n) is 7.06. The molecule has 0 bridgehead atoms. The van der Waals surface area contributed by atoms with Crippen molar-refractivity contribution < 1.29 is 17.9 Å². The van der Waals surface area contributed by atoms with Crippen LogP contribution in [-0.2, 0) is 14.8 Å². The Hall–Kier alpha value is -0.670. The second-order valence-electron chi connectivity index (χ2n) is 5.08. The van der Waals surface area contributed by atoms with Crippen molar-refractivity contribution in [2.75, 3.05) is 26.2 Å². The Bertz CT molecular complexity index is 669. The van der Waals surface area contributed by atoms with E-state index in [1.165, 1.54) is 22.5 Å². The van der Waals surface area contributed by atoms with Crippen LogP contribution >= 0.6 is 28.3 Å². The lowest BCUT2D eigenvalue weighted by Crippen LogP contribution is -2.51. The molecule has 0 aliphatic carbocycles. The van der Waals surface area contributed by atoms with Gasteiger partial charge in [-0.2, -0.15) is 4.31 Å². The number of nitrogens with zero attached hydrogens (tertiary/aromatic N) is 1. The van der Waals surface area contributed by atoms with E-state index >= 15 is 0 Å². The first kappa shape index (κ1) is 20.4. The number of nitrogens with one attached hydrogen (secondary N) is 1. The molecular formula is C14H20BrClN2O4S. The molecule has 0 saturated carbocycles. The van der Waals surface area contributed by atoms with Crippen LogP contribution in [0.3, 0.4) is 0 Å². The minimum atomic E-state index is -3.59. The summed E-state index contributed by atoms with van der Waals surface area (Å²) >= 11 is 3.25. The molecule has 1 aliphatic rings. The fourth-order valence-electron chi connectivity index (χ4n) is 2.31. The van der Waals surface area contributed by atoms with Crippen molar-refractivity contribution in [1.82, 2.24) is 9.62 Å². The predicted octanol–water partition coefficient (Wildman–Crippen LogP) is 2.03. The molecule has 1 N–H and O–H groups in total. The van der Waals surface area contributed by atoms with Gasteiger partial charge in [0.05, 0.1) is 17.1 Å². The van der Waals surface area contributed by atoms with E-state index in [2.05, 4.69) is 21.2 Å². The number of carbonyl (C=O) groups is 1. The average molecular weight is 428 g/mol. The van der Waals surface area contributed by atoms with E-state index in [1.807, 2.05) is 6.92 Å². The Morgan fingerprint density at radius 2 is 2.17 bits per heavy atom. The summed E-state index contributed by atoms with van der Waals surface area (Å²) in [5.74, 6) is -0.469. The topological polar surface area (TPSA) is 75.7 Å². The number of ether oxygens (including phenoxy) is 1. The van der Waals surface area contributed by atoms with E-state index in [0.717, 1.165) is 0 Å². The maximum absolute atomic E-state index is 12.7. The van der Waals surface area contributed by atoms with Crippen molar-refractivity contribution >= 4 is 44.3 Å². The van der Waals surface area contributed by atoms with E-state index in [4.69, 9.17) is 4.74 Å². The van der Waals surface area contributed by atoms with E-state index in [0.29, 0.717) is 29.7 Å². The lowest BCUT2D eigenvalue weighted by atomic mass is 10.2. The molecule has 0 amide bonds. The molecule has 0 radical (unpaired) electrons. The fourth-order valence-corrected chi connectivity index (χ4v) is 4.87. The number of sulfonamides is 1. The summed E-state index contributed by atoms with van der Waals surface area (Å²) in [5, 5.41) is 3.21. The quantitative estimate of drug-likeness (QED) is 0.744. The summed E-state index contributed by atoms with van der Waals surface area (Å²) < 4.78 is 32.2. The van der Waals surface area contributed by atoms with Crippen LogP contribution in [0.2, 0.25) is 0 Å². The van der Waals surface area contributed by atoms with Gasteiger partial charge in [-0.25, -0.2) is 13.2 Å². The Kier molecular flexibility index (Phi) is 7.47. The number of hydrogen-bond acceptors (Lipinski definition) is 5. The van der Waals surface area contributed by atoms with Crippen molar-refractivity contribution in [2.24, 2.45) is 0 Å². The molecule has 0 spiro atoms. The molecule has 1 aromatic rings. The lowest BCUT2D eigenvalue weighted by Gasteiger charge is -2.31. The Morgan fingerprint density at radius 3 is 2.74 bits per heavy atom. The first-order chi connectivity index (χ1) is 10.4. The van der Waals surface area contributed by atoms with Crippen molar-refractivity contribution in [3.8, 4) is 0 Å². The monoisotopic (exact) mass is 426 g/mol. The highest BCUT2D eigenvalue weighted by atomic mass is 79.9. The number of esters is 1. The zero-order valence-electron chi connectivity index (χ0n) is 12.9. The van der Waals surface area contributed by atoms with Gasteiger partial charge in [-0.3, -0.25) is 0 Å². The number of rotatable bonds is 4. The SMILES string of the molecule is CCOC(=O)c1ccc(S(=O)(=O)N2CCNC(C)C2)c(Br)c1.Cl. The zero-order valence-corrected chi connectivity index (χ0v) is 16.1. The van der Waals surface area contributed by atoms with Gasteiger partial charge in [-0.1, -0.05) is 0 Å². The van der Waals surface area contributed by atoms with Gasteiger partial charge in [0.25, 0.3) is 0 Å². The number of piperazine rings is 1. The zero-order chi connectivity index (χ0) is 16.3. The highest BCUT2D eigenvalue weighted by molar-refractivity contribution is 9.10. The molecule has 1 heterocycles. The molecule has 6 nitrogen and oxygen atoms in total. The smallest absolute Gasteiger partial charge is 0.338 e. The molecule has 1 saturated heterocycles. The van der Waals surface area contributed by atoms with Gasteiger partial charge in [0.15, 0.2) is 0 Å². The summed E-state index contributed by atoms with van der Waals surface area (Å²) in [6.45, 7) is 5.42. The molecule has 1 unspecified atom stereocenters. The van der Waals surface area contributed by atoms with Crippen molar-refractivity contribution in [3.63, 3.8) is 0 Å². The summed E-state index contributed by atoms with van der Waals surface area (Å²) in [7, 11) is -3.59. The van der Waals surface area contributed by atoms with Crippen LogP contribution in [0.15, 0.2) is 27.6 Å². The molecule has 1 aromatic carbocycles. The van der Waals surface area contributed by atoms with Crippen LogP contribution in [0.5, 0.6) is 0 Å². The van der Waals surface area contributed by atoms with E-state index in [-0.39, 0.29) is 30.0 Å². The van der Waals surface area contributed by atoms with E-state index in [9.17, 15) is 13.2 Å². The molecular weight excluding hydrogens is 408 g/mol. The Balaban J connectivity index is 0.00000264. The van der Waals surface area contributed by atoms with Crippen molar-refractivity contribution in [2.45, 2.75) is 24.8 Å². The van der Waals surface area contributed by atoms with Gasteiger partial charge in [0, 0.05) is 30.1 Å². The van der Waals surface area contributed by atoms with Gasteiger partial charge in [-0.15, -0.1) is 12.4 Å². The highest BCUT2D eigenvalue weighted by Crippen LogP contribution is 2.27. The predicted molar refractivity (Wildman–Crippen MR) is 93.6 cm³/mol. The van der Waals surface area contributed by atoms with E-state index < -0.39 is 16.0 Å². The van der Waals surface area contributed by atoms with Crippen molar-refractivity contribution in [1.29, 1.82) is 0 Å². The normalized spacial score (nSPS) is 19.0. The minimum Gasteiger partial charge on any atom is -0.462 e. The molecule has 1 aliphatic heterocycles. The third-order valence-electron chi connectivity index (χ3n) is 3.39. The second-order valence-corrected chi connectivity index (χ2v) is 7.84. The molecule has 0 aromatic heterocycles. The molecule has 9 heteroatoms. The molecule has 23 heavy (non-hydrogen) atoms. The van der Waals surface area contributed by atoms with Gasteiger partial charge >= 0.3 is 5.97 Å². The van der Waals surface area contributed by atoms with Gasteiger partial charge in [-0.05, 0) is 48.0 Å². The lowest BCUT2D eigenvalue weighted by molar-refractivity contribution is 0.0526. The summed E-state index contributed by atoms with van der Waals surface area (Å²) in [6, 6.07) is 4.51. The Morgan fingerprint density at radius 1 is 1.48 bits per heavy atom. The first-order valence-corrected chi connectivity index (χ1v) is 9.29. The number of carbonyl (C=O) groups excluding carboxylic acids is 1. The third-order valence-corrected chi connectivity index (χ3v) is 6.23. The number of benzene rings is 1. The van der Waals surface area contributed by atoms with Gasteiger partial charge in [0.2, 0.25) is 10.0 Å².